The molecular formula is C3H11N3O4S2. The summed E-state index contributed by atoms with van der Waals surface area (Å²) in [5, 5.41) is 6.71. The Labute approximate surface area is 74.6 Å². The maximum Gasteiger partial charge on any atom is 0.394 e. The Morgan fingerprint density at radius 1 is 1.58 bits per heavy atom. The molecule has 12 heavy (non-hydrogen) atoms. The quantitative estimate of drug-likeness (QED) is 0.168. The van der Waals surface area contributed by atoms with Crippen LogP contribution < -0.4 is 11.5 Å². The standard InChI is InChI=1S/C3H9N3S.H2O4S/c1-2(4)7-3(5)6;1-5(2,3)4/h2H,4H2,1H3,(H3,5,6);(H2,1,2,3,4). The number of amidine groups is 1. The molecule has 0 aromatic rings. The lowest BCUT2D eigenvalue weighted by molar-refractivity contribution is 0.381. The predicted molar refractivity (Wildman–Crippen MR) is 47.3 cm³/mol. The molecule has 7 N–H and O–H groups in total. The molecule has 0 rings (SSSR count). The summed E-state index contributed by atoms with van der Waals surface area (Å²) in [7, 11) is -4.67. The topological polar surface area (TPSA) is 150 Å². The first-order chi connectivity index (χ1) is 5.13. The highest BCUT2D eigenvalue weighted by molar-refractivity contribution is 8.14. The van der Waals surface area contributed by atoms with Crippen LogP contribution in [0, 0.1) is 5.41 Å². The molecule has 0 radical (unpaired) electrons. The minimum Gasteiger partial charge on any atom is -0.379 e. The smallest absolute Gasteiger partial charge is 0.379 e. The van der Waals surface area contributed by atoms with Crippen molar-refractivity contribution < 1.29 is 17.5 Å². The predicted octanol–water partition coefficient (Wildman–Crippen LogP) is -0.735. The summed E-state index contributed by atoms with van der Waals surface area (Å²) in [5.41, 5.74) is 10.2. The SMILES string of the molecule is CC(N)SC(=N)N.O=S(=O)(O)O. The highest BCUT2D eigenvalue weighted by atomic mass is 32.3. The highest BCUT2D eigenvalue weighted by Gasteiger charge is 1.93. The van der Waals surface area contributed by atoms with Crippen LogP contribution in [0.2, 0.25) is 0 Å². The molecule has 0 fully saturated rings. The van der Waals surface area contributed by atoms with Crippen molar-refractivity contribution in [3.8, 4) is 0 Å². The Bertz CT molecular complexity index is 216. The van der Waals surface area contributed by atoms with E-state index in [1.165, 1.54) is 0 Å². The molecule has 0 heterocycles. The molecule has 0 spiro atoms. The van der Waals surface area contributed by atoms with Crippen LogP contribution in [0.25, 0.3) is 0 Å². The van der Waals surface area contributed by atoms with E-state index in [9.17, 15) is 0 Å². The molecule has 9 heteroatoms. The summed E-state index contributed by atoms with van der Waals surface area (Å²) >= 11 is 1.15. The fourth-order valence-electron chi connectivity index (χ4n) is 0.200. The van der Waals surface area contributed by atoms with Crippen molar-refractivity contribution in [3.05, 3.63) is 0 Å². The zero-order valence-corrected chi connectivity index (χ0v) is 7.89. The lowest BCUT2D eigenvalue weighted by atomic mass is 10.8. The third kappa shape index (κ3) is 54.2. The summed E-state index contributed by atoms with van der Waals surface area (Å²) in [5.74, 6) is 0. The summed E-state index contributed by atoms with van der Waals surface area (Å²) < 4.78 is 31.6. The fourth-order valence-corrected chi connectivity index (χ4v) is 0.601. The molecule has 0 aromatic heterocycles. The minimum absolute atomic E-state index is 0.0579. The third-order valence-electron chi connectivity index (χ3n) is 0.313. The van der Waals surface area contributed by atoms with Gasteiger partial charge in [-0.2, -0.15) is 8.42 Å². The summed E-state index contributed by atoms with van der Waals surface area (Å²) in [6.45, 7) is 1.78. The van der Waals surface area contributed by atoms with Crippen LogP contribution in [-0.4, -0.2) is 28.1 Å². The van der Waals surface area contributed by atoms with Crippen molar-refractivity contribution in [2.24, 2.45) is 11.5 Å². The van der Waals surface area contributed by atoms with Gasteiger partial charge >= 0.3 is 10.4 Å². The highest BCUT2D eigenvalue weighted by Crippen LogP contribution is 2.00. The maximum atomic E-state index is 8.74. The molecule has 1 atom stereocenters. The van der Waals surface area contributed by atoms with Gasteiger partial charge in [-0.3, -0.25) is 14.5 Å². The molecular weight excluding hydrogens is 206 g/mol. The van der Waals surface area contributed by atoms with Crippen LogP contribution in [0.15, 0.2) is 0 Å². The van der Waals surface area contributed by atoms with E-state index in [2.05, 4.69) is 0 Å². The fraction of sp³-hybridized carbons (Fsp3) is 0.667. The Morgan fingerprint density at radius 2 is 1.83 bits per heavy atom. The number of thioether (sulfide) groups is 1. The van der Waals surface area contributed by atoms with Crippen LogP contribution in [-0.2, 0) is 10.4 Å². The number of hydrogen-bond donors (Lipinski definition) is 5. The molecule has 1 unspecified atom stereocenters. The first-order valence-electron chi connectivity index (χ1n) is 2.59. The van der Waals surface area contributed by atoms with Crippen molar-refractivity contribution in [2.45, 2.75) is 12.3 Å². The van der Waals surface area contributed by atoms with Gasteiger partial charge in [0.05, 0.1) is 5.37 Å². The van der Waals surface area contributed by atoms with Crippen molar-refractivity contribution >= 4 is 27.3 Å². The van der Waals surface area contributed by atoms with Gasteiger partial charge in [0.15, 0.2) is 5.17 Å². The monoisotopic (exact) mass is 217 g/mol. The van der Waals surface area contributed by atoms with Crippen LogP contribution >= 0.6 is 11.8 Å². The van der Waals surface area contributed by atoms with Gasteiger partial charge in [-0.1, -0.05) is 11.8 Å². The Kier molecular flexibility index (Phi) is 7.33. The summed E-state index contributed by atoms with van der Waals surface area (Å²) in [6.07, 6.45) is 0. The minimum atomic E-state index is -4.67. The molecule has 0 aromatic carbocycles. The average molecular weight is 217 g/mol. The van der Waals surface area contributed by atoms with Gasteiger partial charge in [0.2, 0.25) is 0 Å². The van der Waals surface area contributed by atoms with E-state index in [0.717, 1.165) is 11.8 Å². The first kappa shape index (κ1) is 14.2. The van der Waals surface area contributed by atoms with E-state index in [1.807, 2.05) is 0 Å². The van der Waals surface area contributed by atoms with E-state index in [1.54, 1.807) is 6.92 Å². The Morgan fingerprint density at radius 3 is 1.83 bits per heavy atom. The zero-order valence-electron chi connectivity index (χ0n) is 6.26. The largest absolute Gasteiger partial charge is 0.394 e. The summed E-state index contributed by atoms with van der Waals surface area (Å²) in [4.78, 5) is 0. The van der Waals surface area contributed by atoms with Crippen molar-refractivity contribution in [1.82, 2.24) is 0 Å². The Hall–Kier alpha value is -0.350. The molecule has 0 saturated heterocycles. The molecule has 0 aliphatic heterocycles. The molecule has 0 bridgehead atoms. The van der Waals surface area contributed by atoms with Gasteiger partial charge in [-0.25, -0.2) is 0 Å². The number of nitrogens with one attached hydrogen (secondary N) is 1. The lowest BCUT2D eigenvalue weighted by Crippen LogP contribution is -2.16. The molecule has 0 saturated carbocycles. The normalized spacial score (nSPS) is 12.7. The number of nitrogens with two attached hydrogens (primary N) is 2. The van der Waals surface area contributed by atoms with E-state index >= 15 is 0 Å². The van der Waals surface area contributed by atoms with Crippen molar-refractivity contribution in [1.29, 1.82) is 5.41 Å². The average Bonchev–Trinajstić information content (AvgIpc) is 1.52. The van der Waals surface area contributed by atoms with Gasteiger partial charge in [-0.05, 0) is 6.92 Å². The van der Waals surface area contributed by atoms with Gasteiger partial charge in [0, 0.05) is 0 Å². The van der Waals surface area contributed by atoms with Crippen molar-refractivity contribution in [2.75, 3.05) is 0 Å². The molecule has 0 aliphatic rings. The van der Waals surface area contributed by atoms with E-state index in [4.69, 9.17) is 34.4 Å². The van der Waals surface area contributed by atoms with Gasteiger partial charge < -0.3 is 11.5 Å². The Balaban J connectivity index is 0. The zero-order chi connectivity index (χ0) is 10.4. The number of hydrogen-bond acceptors (Lipinski definition) is 5. The van der Waals surface area contributed by atoms with Crippen LogP contribution in [0.1, 0.15) is 6.92 Å². The van der Waals surface area contributed by atoms with Gasteiger partial charge in [0.1, 0.15) is 0 Å². The van der Waals surface area contributed by atoms with Crippen LogP contribution in [0.3, 0.4) is 0 Å². The summed E-state index contributed by atoms with van der Waals surface area (Å²) in [6, 6.07) is 0. The van der Waals surface area contributed by atoms with E-state index in [-0.39, 0.29) is 10.5 Å². The van der Waals surface area contributed by atoms with Gasteiger partial charge in [-0.15, -0.1) is 0 Å². The van der Waals surface area contributed by atoms with Crippen molar-refractivity contribution in [3.63, 3.8) is 0 Å². The lowest BCUT2D eigenvalue weighted by Gasteiger charge is -1.98. The van der Waals surface area contributed by atoms with E-state index < -0.39 is 10.4 Å². The third-order valence-corrected chi connectivity index (χ3v) is 0.939. The van der Waals surface area contributed by atoms with Crippen LogP contribution in [0.5, 0.6) is 0 Å². The van der Waals surface area contributed by atoms with E-state index in [0.29, 0.717) is 0 Å². The second kappa shape index (κ2) is 6.20. The molecule has 0 aliphatic carbocycles. The van der Waals surface area contributed by atoms with Gasteiger partial charge in [0.25, 0.3) is 0 Å². The molecule has 0 amide bonds. The second-order valence-electron chi connectivity index (χ2n) is 1.64. The second-order valence-corrected chi connectivity index (χ2v) is 3.95. The molecule has 7 nitrogen and oxygen atoms in total. The van der Waals surface area contributed by atoms with Crippen LogP contribution in [0.4, 0.5) is 0 Å². The first-order valence-corrected chi connectivity index (χ1v) is 4.86. The molecule has 74 valence electrons. The number of rotatable bonds is 1. The maximum absolute atomic E-state index is 8.74.